The van der Waals surface area contributed by atoms with Crippen molar-refractivity contribution < 1.29 is 14.3 Å². The summed E-state index contributed by atoms with van der Waals surface area (Å²) in [6, 6.07) is 13.6. The van der Waals surface area contributed by atoms with E-state index in [1.807, 2.05) is 71.6 Å². The summed E-state index contributed by atoms with van der Waals surface area (Å²) in [5.41, 5.74) is 4.30. The number of aromatic nitrogens is 1. The minimum atomic E-state index is -0.526. The number of hydrogen-bond donors (Lipinski definition) is 0. The average molecular weight is 365 g/mol. The van der Waals surface area contributed by atoms with Gasteiger partial charge in [-0.25, -0.2) is 4.79 Å². The number of hydrogen-bond acceptors (Lipinski definition) is 4. The molecule has 0 fully saturated rings. The first-order valence-electron chi connectivity index (χ1n) is 8.21. The van der Waals surface area contributed by atoms with Gasteiger partial charge in [0, 0.05) is 28.7 Å². The number of nitrogens with zero attached hydrogens (tertiary/aromatic N) is 1. The van der Waals surface area contributed by atoms with Gasteiger partial charge in [0.25, 0.3) is 0 Å². The molecule has 0 bridgehead atoms. The van der Waals surface area contributed by atoms with Crippen molar-refractivity contribution >= 4 is 29.2 Å². The Bertz CT molecular complexity index is 937. The van der Waals surface area contributed by atoms with E-state index in [9.17, 15) is 9.59 Å². The molecule has 0 N–H and O–H groups in total. The van der Waals surface area contributed by atoms with Crippen molar-refractivity contribution in [1.82, 2.24) is 4.57 Å². The van der Waals surface area contributed by atoms with Crippen LogP contribution in [0.15, 0.2) is 59.3 Å². The lowest BCUT2D eigenvalue weighted by Crippen LogP contribution is -2.13. The van der Waals surface area contributed by atoms with Crippen molar-refractivity contribution in [2.45, 2.75) is 13.8 Å². The second-order valence-corrected chi connectivity index (χ2v) is 6.66. The van der Waals surface area contributed by atoms with Crippen molar-refractivity contribution in [3.05, 3.63) is 81.8 Å². The van der Waals surface area contributed by atoms with E-state index in [4.69, 9.17) is 4.74 Å². The molecule has 0 radical (unpaired) electrons. The lowest BCUT2D eigenvalue weighted by atomic mass is 10.1. The lowest BCUT2D eigenvalue weighted by Gasteiger charge is -2.09. The molecule has 0 aliphatic heterocycles. The van der Waals surface area contributed by atoms with Gasteiger partial charge in [-0.15, -0.1) is 0 Å². The molecule has 2 heterocycles. The molecule has 2 aromatic heterocycles. The van der Waals surface area contributed by atoms with Crippen LogP contribution in [0.1, 0.15) is 27.3 Å². The average Bonchev–Trinajstić information content (AvgIpc) is 3.26. The monoisotopic (exact) mass is 365 g/mol. The SMILES string of the molecule is Cc1cc(C(=O)COC(=O)/C=C/c2ccsc2)c(C)n1-c1ccccc1. The number of ketones is 1. The fourth-order valence-corrected chi connectivity index (χ4v) is 3.44. The molecule has 0 spiro atoms. The number of carbonyl (C=O) groups is 2. The Hall–Kier alpha value is -2.92. The maximum Gasteiger partial charge on any atom is 0.331 e. The van der Waals surface area contributed by atoms with E-state index in [0.717, 1.165) is 22.6 Å². The van der Waals surface area contributed by atoms with E-state index in [2.05, 4.69) is 0 Å². The molecule has 132 valence electrons. The van der Waals surface area contributed by atoms with E-state index < -0.39 is 5.97 Å². The molecule has 3 aromatic rings. The summed E-state index contributed by atoms with van der Waals surface area (Å²) in [4.78, 5) is 24.3. The number of benzene rings is 1. The van der Waals surface area contributed by atoms with Crippen molar-refractivity contribution in [1.29, 1.82) is 0 Å². The molecule has 0 atom stereocenters. The van der Waals surface area contributed by atoms with Crippen LogP contribution in [0, 0.1) is 13.8 Å². The fourth-order valence-electron chi connectivity index (χ4n) is 2.82. The Labute approximate surface area is 156 Å². The first kappa shape index (κ1) is 17.9. The van der Waals surface area contributed by atoms with Gasteiger partial charge < -0.3 is 9.30 Å². The van der Waals surface area contributed by atoms with Gasteiger partial charge in [-0.05, 0) is 60.5 Å². The summed E-state index contributed by atoms with van der Waals surface area (Å²) in [5.74, 6) is -0.737. The standard InChI is InChI=1S/C21H19NO3S/c1-15-12-19(16(2)22(15)18-6-4-3-5-7-18)20(23)13-25-21(24)9-8-17-10-11-26-14-17/h3-12,14H,13H2,1-2H3/b9-8+. The van der Waals surface area contributed by atoms with Gasteiger partial charge >= 0.3 is 5.97 Å². The molecule has 0 unspecified atom stereocenters. The summed E-state index contributed by atoms with van der Waals surface area (Å²) >= 11 is 1.55. The van der Waals surface area contributed by atoms with E-state index in [0.29, 0.717) is 5.56 Å². The van der Waals surface area contributed by atoms with Crippen LogP contribution >= 0.6 is 11.3 Å². The van der Waals surface area contributed by atoms with Gasteiger partial charge in [0.1, 0.15) is 0 Å². The number of para-hydroxylation sites is 1. The second-order valence-electron chi connectivity index (χ2n) is 5.88. The smallest absolute Gasteiger partial charge is 0.331 e. The maximum absolute atomic E-state index is 12.5. The molecular weight excluding hydrogens is 346 g/mol. The number of ether oxygens (including phenoxy) is 1. The Morgan fingerprint density at radius 2 is 1.92 bits per heavy atom. The molecule has 4 nitrogen and oxygen atoms in total. The highest BCUT2D eigenvalue weighted by atomic mass is 32.1. The van der Waals surface area contributed by atoms with Gasteiger partial charge in [0.2, 0.25) is 5.78 Å². The first-order chi connectivity index (χ1) is 12.6. The highest BCUT2D eigenvalue weighted by Crippen LogP contribution is 2.21. The minimum absolute atomic E-state index is 0.211. The lowest BCUT2D eigenvalue weighted by molar-refractivity contribution is -0.136. The predicted molar refractivity (Wildman–Crippen MR) is 104 cm³/mol. The van der Waals surface area contributed by atoms with E-state index in [1.165, 1.54) is 6.08 Å². The molecule has 26 heavy (non-hydrogen) atoms. The Kier molecular flexibility index (Phi) is 5.49. The van der Waals surface area contributed by atoms with Crippen LogP contribution in [0.2, 0.25) is 0 Å². The molecular formula is C21H19NO3S. The normalized spacial score (nSPS) is 11.0. The highest BCUT2D eigenvalue weighted by molar-refractivity contribution is 7.08. The minimum Gasteiger partial charge on any atom is -0.454 e. The fraction of sp³-hybridized carbons (Fsp3) is 0.143. The molecule has 0 saturated carbocycles. The molecule has 0 aliphatic rings. The third kappa shape index (κ3) is 4.00. The van der Waals surface area contributed by atoms with Gasteiger partial charge in [-0.3, -0.25) is 4.79 Å². The van der Waals surface area contributed by atoms with Gasteiger partial charge in [0.15, 0.2) is 6.61 Å². The zero-order valence-electron chi connectivity index (χ0n) is 14.6. The van der Waals surface area contributed by atoms with Gasteiger partial charge in [-0.2, -0.15) is 11.3 Å². The van der Waals surface area contributed by atoms with Crippen LogP contribution in [-0.4, -0.2) is 22.9 Å². The molecule has 3 rings (SSSR count). The highest BCUT2D eigenvalue weighted by Gasteiger charge is 2.17. The molecule has 5 heteroatoms. The first-order valence-corrected chi connectivity index (χ1v) is 9.15. The number of esters is 1. The molecule has 0 saturated heterocycles. The van der Waals surface area contributed by atoms with Crippen molar-refractivity contribution in [3.63, 3.8) is 0 Å². The summed E-state index contributed by atoms with van der Waals surface area (Å²) in [6.07, 6.45) is 3.01. The van der Waals surface area contributed by atoms with E-state index in [1.54, 1.807) is 17.4 Å². The Morgan fingerprint density at radius 1 is 1.15 bits per heavy atom. The van der Waals surface area contributed by atoms with Crippen LogP contribution in [0.3, 0.4) is 0 Å². The van der Waals surface area contributed by atoms with Crippen LogP contribution in [0.25, 0.3) is 11.8 Å². The number of Topliss-reactive ketones (excluding diaryl/α,β-unsaturated/α-hetero) is 1. The van der Waals surface area contributed by atoms with E-state index >= 15 is 0 Å². The van der Waals surface area contributed by atoms with Gasteiger partial charge in [-0.1, -0.05) is 18.2 Å². The largest absolute Gasteiger partial charge is 0.454 e. The maximum atomic E-state index is 12.5. The van der Waals surface area contributed by atoms with Crippen molar-refractivity contribution in [2.24, 2.45) is 0 Å². The van der Waals surface area contributed by atoms with Crippen LogP contribution < -0.4 is 0 Å². The molecule has 0 aliphatic carbocycles. The molecule has 1 aromatic carbocycles. The zero-order valence-corrected chi connectivity index (χ0v) is 15.5. The third-order valence-electron chi connectivity index (χ3n) is 4.05. The summed E-state index contributed by atoms with van der Waals surface area (Å²) < 4.78 is 7.10. The quantitative estimate of drug-likeness (QED) is 0.364. The van der Waals surface area contributed by atoms with Crippen LogP contribution in [-0.2, 0) is 9.53 Å². The second kappa shape index (κ2) is 7.97. The van der Waals surface area contributed by atoms with Crippen LogP contribution in [0.5, 0.6) is 0 Å². The van der Waals surface area contributed by atoms with Crippen LogP contribution in [0.4, 0.5) is 0 Å². The number of thiophene rings is 1. The summed E-state index contributed by atoms with van der Waals surface area (Å²) in [6.45, 7) is 3.57. The van der Waals surface area contributed by atoms with Gasteiger partial charge in [0.05, 0.1) is 0 Å². The number of aryl methyl sites for hydroxylation is 1. The topological polar surface area (TPSA) is 48.3 Å². The summed E-state index contributed by atoms with van der Waals surface area (Å²) in [5, 5.41) is 3.85. The zero-order chi connectivity index (χ0) is 18.5. The predicted octanol–water partition coefficient (Wildman–Crippen LogP) is 4.59. The Morgan fingerprint density at radius 3 is 2.62 bits per heavy atom. The van der Waals surface area contributed by atoms with Crippen molar-refractivity contribution in [2.75, 3.05) is 6.61 Å². The number of rotatable bonds is 6. The summed E-state index contributed by atoms with van der Waals surface area (Å²) in [7, 11) is 0. The van der Waals surface area contributed by atoms with E-state index in [-0.39, 0.29) is 12.4 Å². The van der Waals surface area contributed by atoms with Crippen molar-refractivity contribution in [3.8, 4) is 5.69 Å². The number of carbonyl (C=O) groups excluding carboxylic acids is 2. The third-order valence-corrected chi connectivity index (χ3v) is 4.75. The molecule has 0 amide bonds. The Balaban J connectivity index is 1.68.